The van der Waals surface area contributed by atoms with Crippen molar-refractivity contribution in [2.45, 2.75) is 26.5 Å². The molecule has 1 aromatic rings. The van der Waals surface area contributed by atoms with E-state index in [1.54, 1.807) is 13.3 Å². The van der Waals surface area contributed by atoms with Crippen LogP contribution in [0.3, 0.4) is 0 Å². The summed E-state index contributed by atoms with van der Waals surface area (Å²) < 4.78 is 10.7. The van der Waals surface area contributed by atoms with Gasteiger partial charge < -0.3 is 14.8 Å². The predicted molar refractivity (Wildman–Crippen MR) is 63.6 cm³/mol. The van der Waals surface area contributed by atoms with Gasteiger partial charge in [0, 0.05) is 25.4 Å². The minimum absolute atomic E-state index is 0.0141. The van der Waals surface area contributed by atoms with Crippen molar-refractivity contribution in [2.24, 2.45) is 0 Å². The number of aromatic nitrogens is 1. The molecule has 1 N–H and O–H groups in total. The lowest BCUT2D eigenvalue weighted by molar-refractivity contribution is 0.0881. The molecule has 90 valence electrons. The van der Waals surface area contributed by atoms with Crippen LogP contribution in [0.4, 0.5) is 0 Å². The molecule has 16 heavy (non-hydrogen) atoms. The van der Waals surface area contributed by atoms with Gasteiger partial charge in [0.25, 0.3) is 0 Å². The van der Waals surface area contributed by atoms with Crippen LogP contribution < -0.4 is 10.1 Å². The highest BCUT2D eigenvalue weighted by Crippen LogP contribution is 2.15. The van der Waals surface area contributed by atoms with Gasteiger partial charge >= 0.3 is 0 Å². The SMILES string of the molecule is CCNCc1cccnc1OC(C)COC. The van der Waals surface area contributed by atoms with Crippen LogP contribution >= 0.6 is 0 Å². The molecule has 4 nitrogen and oxygen atoms in total. The molecule has 0 spiro atoms. The molecule has 1 unspecified atom stereocenters. The summed E-state index contributed by atoms with van der Waals surface area (Å²) in [6.45, 7) is 6.32. The van der Waals surface area contributed by atoms with Gasteiger partial charge in [-0.2, -0.15) is 0 Å². The first kappa shape index (κ1) is 12.9. The number of methoxy groups -OCH3 is 1. The predicted octanol–water partition coefficient (Wildman–Crippen LogP) is 1.60. The normalized spacial score (nSPS) is 12.4. The maximum atomic E-state index is 5.71. The number of rotatable bonds is 7. The summed E-state index contributed by atoms with van der Waals surface area (Å²) in [6.07, 6.45) is 1.75. The van der Waals surface area contributed by atoms with Crippen LogP contribution in [0.2, 0.25) is 0 Å². The average Bonchev–Trinajstić information content (AvgIpc) is 2.28. The zero-order valence-electron chi connectivity index (χ0n) is 10.2. The van der Waals surface area contributed by atoms with Gasteiger partial charge in [0.2, 0.25) is 5.88 Å². The Morgan fingerprint density at radius 2 is 2.31 bits per heavy atom. The fourth-order valence-electron chi connectivity index (χ4n) is 1.38. The number of ether oxygens (including phenoxy) is 2. The summed E-state index contributed by atoms with van der Waals surface area (Å²) >= 11 is 0. The Bertz CT molecular complexity index is 305. The summed E-state index contributed by atoms with van der Waals surface area (Å²) in [5.41, 5.74) is 1.08. The lowest BCUT2D eigenvalue weighted by atomic mass is 10.2. The monoisotopic (exact) mass is 224 g/mol. The molecule has 1 rings (SSSR count). The highest BCUT2D eigenvalue weighted by Gasteiger charge is 2.08. The second-order valence-electron chi connectivity index (χ2n) is 3.63. The Kier molecular flexibility index (Phi) is 5.82. The lowest BCUT2D eigenvalue weighted by Crippen LogP contribution is -2.20. The molecule has 0 amide bonds. The van der Waals surface area contributed by atoms with Gasteiger partial charge in [0.1, 0.15) is 6.10 Å². The van der Waals surface area contributed by atoms with Gasteiger partial charge in [0.15, 0.2) is 0 Å². The molecular formula is C12H20N2O2. The third-order valence-corrected chi connectivity index (χ3v) is 2.13. The Hall–Kier alpha value is -1.13. The van der Waals surface area contributed by atoms with Gasteiger partial charge in [-0.25, -0.2) is 4.98 Å². The molecule has 1 aromatic heterocycles. The fourth-order valence-corrected chi connectivity index (χ4v) is 1.38. The molecule has 4 heteroatoms. The smallest absolute Gasteiger partial charge is 0.218 e. The highest BCUT2D eigenvalue weighted by molar-refractivity contribution is 5.25. The number of nitrogens with one attached hydrogen (secondary N) is 1. The number of hydrogen-bond acceptors (Lipinski definition) is 4. The van der Waals surface area contributed by atoms with E-state index in [1.807, 2.05) is 19.1 Å². The highest BCUT2D eigenvalue weighted by atomic mass is 16.5. The minimum Gasteiger partial charge on any atom is -0.472 e. The summed E-state index contributed by atoms with van der Waals surface area (Å²) in [4.78, 5) is 4.24. The van der Waals surface area contributed by atoms with Crippen molar-refractivity contribution in [2.75, 3.05) is 20.3 Å². The van der Waals surface area contributed by atoms with Crippen molar-refractivity contribution >= 4 is 0 Å². The molecule has 0 fully saturated rings. The Labute approximate surface area is 97.0 Å². The molecule has 0 saturated heterocycles. The van der Waals surface area contributed by atoms with E-state index in [0.29, 0.717) is 12.5 Å². The number of nitrogens with zero attached hydrogens (tertiary/aromatic N) is 1. The van der Waals surface area contributed by atoms with Crippen molar-refractivity contribution in [3.63, 3.8) is 0 Å². The average molecular weight is 224 g/mol. The Morgan fingerprint density at radius 3 is 3.00 bits per heavy atom. The number of hydrogen-bond donors (Lipinski definition) is 1. The first-order valence-corrected chi connectivity index (χ1v) is 5.58. The van der Waals surface area contributed by atoms with Crippen LogP contribution in [0, 0.1) is 0 Å². The van der Waals surface area contributed by atoms with E-state index in [1.165, 1.54) is 0 Å². The molecule has 0 radical (unpaired) electrons. The maximum absolute atomic E-state index is 5.71. The lowest BCUT2D eigenvalue weighted by Gasteiger charge is -2.15. The van der Waals surface area contributed by atoms with E-state index in [9.17, 15) is 0 Å². The molecule has 0 aliphatic heterocycles. The minimum atomic E-state index is 0.0141. The maximum Gasteiger partial charge on any atom is 0.218 e. The zero-order chi connectivity index (χ0) is 11.8. The molecule has 0 aromatic carbocycles. The fraction of sp³-hybridized carbons (Fsp3) is 0.583. The topological polar surface area (TPSA) is 43.4 Å². The third-order valence-electron chi connectivity index (χ3n) is 2.13. The van der Waals surface area contributed by atoms with Crippen LogP contribution in [0.15, 0.2) is 18.3 Å². The van der Waals surface area contributed by atoms with Crippen LogP contribution in [0.25, 0.3) is 0 Å². The van der Waals surface area contributed by atoms with Crippen LogP contribution in [0.5, 0.6) is 5.88 Å². The summed E-state index contributed by atoms with van der Waals surface area (Å²) in [5.74, 6) is 0.688. The van der Waals surface area contributed by atoms with Gasteiger partial charge in [-0.3, -0.25) is 0 Å². The van der Waals surface area contributed by atoms with E-state index < -0.39 is 0 Å². The first-order valence-electron chi connectivity index (χ1n) is 5.58. The molecular weight excluding hydrogens is 204 g/mol. The van der Waals surface area contributed by atoms with E-state index in [-0.39, 0.29) is 6.10 Å². The molecule has 0 aliphatic rings. The number of pyridine rings is 1. The van der Waals surface area contributed by atoms with Crippen molar-refractivity contribution in [3.05, 3.63) is 23.9 Å². The van der Waals surface area contributed by atoms with Gasteiger partial charge in [-0.1, -0.05) is 13.0 Å². The second kappa shape index (κ2) is 7.19. The van der Waals surface area contributed by atoms with E-state index in [0.717, 1.165) is 18.7 Å². The largest absolute Gasteiger partial charge is 0.472 e. The molecule has 0 aliphatic carbocycles. The Morgan fingerprint density at radius 1 is 1.50 bits per heavy atom. The van der Waals surface area contributed by atoms with E-state index in [2.05, 4.69) is 17.2 Å². The molecule has 0 saturated carbocycles. The van der Waals surface area contributed by atoms with Gasteiger partial charge in [-0.05, 0) is 19.5 Å². The van der Waals surface area contributed by atoms with Crippen molar-refractivity contribution in [3.8, 4) is 5.88 Å². The van der Waals surface area contributed by atoms with Crippen molar-refractivity contribution in [1.82, 2.24) is 10.3 Å². The summed E-state index contributed by atoms with van der Waals surface area (Å²) in [5, 5.41) is 3.26. The quantitative estimate of drug-likeness (QED) is 0.764. The zero-order valence-corrected chi connectivity index (χ0v) is 10.2. The van der Waals surface area contributed by atoms with Crippen LogP contribution in [-0.2, 0) is 11.3 Å². The van der Waals surface area contributed by atoms with E-state index >= 15 is 0 Å². The second-order valence-corrected chi connectivity index (χ2v) is 3.63. The standard InChI is InChI=1S/C12H20N2O2/c1-4-13-8-11-6-5-7-14-12(11)16-10(2)9-15-3/h5-7,10,13H,4,8-9H2,1-3H3. The Balaban J connectivity index is 2.62. The summed E-state index contributed by atoms with van der Waals surface area (Å²) in [6, 6.07) is 3.94. The van der Waals surface area contributed by atoms with Crippen molar-refractivity contribution in [1.29, 1.82) is 0 Å². The van der Waals surface area contributed by atoms with Gasteiger partial charge in [0.05, 0.1) is 6.61 Å². The first-order chi connectivity index (χ1) is 7.77. The van der Waals surface area contributed by atoms with Crippen LogP contribution in [-0.4, -0.2) is 31.3 Å². The van der Waals surface area contributed by atoms with E-state index in [4.69, 9.17) is 9.47 Å². The molecule has 1 heterocycles. The molecule has 0 bridgehead atoms. The molecule has 1 atom stereocenters. The third kappa shape index (κ3) is 4.16. The van der Waals surface area contributed by atoms with Crippen LogP contribution in [0.1, 0.15) is 19.4 Å². The van der Waals surface area contributed by atoms with Gasteiger partial charge in [-0.15, -0.1) is 0 Å². The van der Waals surface area contributed by atoms with Crippen molar-refractivity contribution < 1.29 is 9.47 Å². The summed E-state index contributed by atoms with van der Waals surface area (Å²) in [7, 11) is 1.66.